The Kier molecular flexibility index (Phi) is 61.7. The minimum atomic E-state index is 0. The van der Waals surface area contributed by atoms with Crippen LogP contribution in [0.15, 0.2) is 0 Å². The standard InChI is InChI=1S/Cu.H2O3.Sb/c;1-3-2;/h;1-2H;. The second kappa shape index (κ2) is 18.9. The van der Waals surface area contributed by atoms with Crippen LogP contribution < -0.4 is 0 Å². The summed E-state index contributed by atoms with van der Waals surface area (Å²) < 4.78 is 0. The summed E-state index contributed by atoms with van der Waals surface area (Å²) >= 11 is 0. The van der Waals surface area contributed by atoms with Crippen LogP contribution >= 0.6 is 0 Å². The minimum absolute atomic E-state index is 0. The largest absolute Gasteiger partial charge is 0.221 e. The van der Waals surface area contributed by atoms with Gasteiger partial charge in [-0.05, 0) is 0 Å². The second-order valence-electron chi connectivity index (χ2n) is 0.0816. The molecule has 5 heavy (non-hydrogen) atoms. The Morgan fingerprint density at radius 3 is 1.20 bits per heavy atom. The van der Waals surface area contributed by atoms with Crippen LogP contribution in [-0.2, 0) is 22.1 Å². The molecule has 0 amide bonds. The number of rotatable bonds is 0. The van der Waals surface area contributed by atoms with Gasteiger partial charge in [-0.1, -0.05) is 5.04 Å². The monoisotopic (exact) mass is 234 g/mol. The summed E-state index contributed by atoms with van der Waals surface area (Å²) in [5, 5.41) is 15.5. The summed E-state index contributed by atoms with van der Waals surface area (Å²) in [4.78, 5) is 0. The Bertz CT molecular complexity index is 6.85. The van der Waals surface area contributed by atoms with Gasteiger partial charge in [0.2, 0.25) is 0 Å². The topological polar surface area (TPSA) is 49.7 Å². The molecule has 0 unspecified atom stereocenters. The third-order valence-electron chi connectivity index (χ3n) is 0. The minimum Gasteiger partial charge on any atom is -0.221 e. The number of hydrogen-bond donors (Lipinski definition) is 2. The van der Waals surface area contributed by atoms with E-state index in [1.807, 2.05) is 0 Å². The fourth-order valence-electron chi connectivity index (χ4n) is 0. The molecule has 0 aliphatic carbocycles. The van der Waals surface area contributed by atoms with Crippen LogP contribution in [0, 0.1) is 0 Å². The molecule has 4 radical (unpaired) electrons. The van der Waals surface area contributed by atoms with E-state index in [4.69, 9.17) is 10.5 Å². The van der Waals surface area contributed by atoms with Crippen LogP contribution in [-0.4, -0.2) is 34.9 Å². The molecule has 0 saturated carbocycles. The fraction of sp³-hybridized carbons (Fsp3) is 0. The summed E-state index contributed by atoms with van der Waals surface area (Å²) in [6.07, 6.45) is 0. The summed E-state index contributed by atoms with van der Waals surface area (Å²) in [5.41, 5.74) is 0. The Morgan fingerprint density at radius 1 is 1.20 bits per heavy atom. The molecule has 0 atom stereocenters. The van der Waals surface area contributed by atoms with E-state index in [0.29, 0.717) is 0 Å². The smallest absolute Gasteiger partial charge is 0 e. The van der Waals surface area contributed by atoms with E-state index in [-0.39, 0.29) is 41.5 Å². The molecule has 0 aromatic rings. The van der Waals surface area contributed by atoms with Gasteiger partial charge < -0.3 is 0 Å². The SMILES string of the molecule is OOO.[Cu].[Sb]. The van der Waals surface area contributed by atoms with Crippen molar-refractivity contribution in [2.45, 2.75) is 0 Å². The third-order valence-corrected chi connectivity index (χ3v) is 0. The van der Waals surface area contributed by atoms with Gasteiger partial charge in [0, 0.05) is 41.5 Å². The van der Waals surface area contributed by atoms with Gasteiger partial charge in [-0.2, -0.15) is 0 Å². The molecule has 0 aliphatic rings. The van der Waals surface area contributed by atoms with Crippen molar-refractivity contribution >= 4 is 24.4 Å². The molecule has 0 aliphatic heterocycles. The quantitative estimate of drug-likeness (QED) is 0.340. The van der Waals surface area contributed by atoms with Gasteiger partial charge >= 0.3 is 0 Å². The van der Waals surface area contributed by atoms with Crippen molar-refractivity contribution in [3.05, 3.63) is 0 Å². The summed E-state index contributed by atoms with van der Waals surface area (Å²) in [6, 6.07) is 0. The number of hydrogen-bond acceptors (Lipinski definition) is 3. The maximum atomic E-state index is 6.62. The predicted octanol–water partition coefficient (Wildman–Crippen LogP) is -0.434. The zero-order valence-electron chi connectivity index (χ0n) is 2.05. The molecule has 0 rings (SSSR count). The predicted molar refractivity (Wildman–Crippen MR) is 12.1 cm³/mol. The van der Waals surface area contributed by atoms with Crippen molar-refractivity contribution < 1.29 is 32.6 Å². The maximum absolute atomic E-state index is 6.62. The molecule has 3 nitrogen and oxygen atoms in total. The Balaban J connectivity index is -0.0000000200. The maximum Gasteiger partial charge on any atom is 0 e. The van der Waals surface area contributed by atoms with E-state index < -0.39 is 0 Å². The molecule has 0 aromatic heterocycles. The van der Waals surface area contributed by atoms with Gasteiger partial charge in [-0.25, -0.2) is 10.5 Å². The van der Waals surface area contributed by atoms with E-state index in [0.717, 1.165) is 0 Å². The van der Waals surface area contributed by atoms with E-state index in [1.165, 1.54) is 0 Å². The summed E-state index contributed by atoms with van der Waals surface area (Å²) in [6.45, 7) is 0. The molecule has 0 heterocycles. The molecule has 0 saturated heterocycles. The molecule has 2 N–H and O–H groups in total. The molecule has 0 fully saturated rings. The molecule has 0 aromatic carbocycles. The fourth-order valence-corrected chi connectivity index (χ4v) is 0. The molecular weight excluding hydrogens is 233 g/mol. The molecule has 0 bridgehead atoms. The van der Waals surface area contributed by atoms with Crippen molar-refractivity contribution in [3.63, 3.8) is 0 Å². The first kappa shape index (κ1) is 16.3. The first-order valence-corrected chi connectivity index (χ1v) is 0.365. The van der Waals surface area contributed by atoms with E-state index in [2.05, 4.69) is 5.04 Å². The van der Waals surface area contributed by atoms with Gasteiger partial charge in [0.25, 0.3) is 0 Å². The molecule has 5 heteroatoms. The van der Waals surface area contributed by atoms with E-state index >= 15 is 0 Å². The van der Waals surface area contributed by atoms with Gasteiger partial charge in [0.1, 0.15) is 0 Å². The Hall–Kier alpha value is 1.22. The van der Waals surface area contributed by atoms with Crippen molar-refractivity contribution in [2.24, 2.45) is 0 Å². The van der Waals surface area contributed by atoms with Crippen LogP contribution in [0.5, 0.6) is 0 Å². The van der Waals surface area contributed by atoms with E-state index in [1.54, 1.807) is 0 Å². The zero-order chi connectivity index (χ0) is 2.71. The van der Waals surface area contributed by atoms with Crippen molar-refractivity contribution in [1.29, 1.82) is 0 Å². The first-order chi connectivity index (χ1) is 1.41. The van der Waals surface area contributed by atoms with Crippen molar-refractivity contribution in [1.82, 2.24) is 0 Å². The molecule has 36 valence electrons. The zero-order valence-corrected chi connectivity index (χ0v) is 5.55. The second-order valence-corrected chi connectivity index (χ2v) is 0.0816. The van der Waals surface area contributed by atoms with Gasteiger partial charge in [0.15, 0.2) is 0 Å². The first-order valence-electron chi connectivity index (χ1n) is 0.365. The van der Waals surface area contributed by atoms with Gasteiger partial charge in [-0.15, -0.1) is 0 Å². The summed E-state index contributed by atoms with van der Waals surface area (Å²) in [5.74, 6) is 0. The summed E-state index contributed by atoms with van der Waals surface area (Å²) in [7, 11) is 0. The van der Waals surface area contributed by atoms with Crippen LogP contribution in [0.3, 0.4) is 0 Å². The van der Waals surface area contributed by atoms with Crippen molar-refractivity contribution in [3.8, 4) is 0 Å². The molecule has 0 spiro atoms. The van der Waals surface area contributed by atoms with Crippen molar-refractivity contribution in [2.75, 3.05) is 0 Å². The van der Waals surface area contributed by atoms with Crippen LogP contribution in [0.1, 0.15) is 0 Å². The van der Waals surface area contributed by atoms with Crippen LogP contribution in [0.2, 0.25) is 0 Å². The molecular formula is H2CuO3Sb. The van der Waals surface area contributed by atoms with Crippen LogP contribution in [0.25, 0.3) is 0 Å². The normalized spacial score (nSPS) is 3.60. The van der Waals surface area contributed by atoms with E-state index in [9.17, 15) is 0 Å². The van der Waals surface area contributed by atoms with Gasteiger partial charge in [-0.3, -0.25) is 0 Å². The Labute approximate surface area is 57.1 Å². The average Bonchev–Trinajstić information content (AvgIpc) is 0.918. The average molecular weight is 235 g/mol. The van der Waals surface area contributed by atoms with Crippen LogP contribution in [0.4, 0.5) is 0 Å². The van der Waals surface area contributed by atoms with Gasteiger partial charge in [0.05, 0.1) is 0 Å². The third kappa shape index (κ3) is 36.4. The Morgan fingerprint density at radius 2 is 1.20 bits per heavy atom.